The van der Waals surface area contributed by atoms with Crippen molar-refractivity contribution >= 4 is 17.8 Å². The Balaban J connectivity index is 1.43. The van der Waals surface area contributed by atoms with Gasteiger partial charge in [0.25, 0.3) is 0 Å². The molecule has 0 bridgehead atoms. The molecule has 0 radical (unpaired) electrons. The van der Waals surface area contributed by atoms with E-state index in [1.54, 1.807) is 22.7 Å². The molecule has 3 aromatic rings. The predicted octanol–water partition coefficient (Wildman–Crippen LogP) is 4.38. The second-order valence-electron chi connectivity index (χ2n) is 8.86. The number of rotatable bonds is 6. The van der Waals surface area contributed by atoms with E-state index in [0.29, 0.717) is 11.5 Å². The summed E-state index contributed by atoms with van der Waals surface area (Å²) in [6, 6.07) is 13.0. The molecule has 5 rings (SSSR count). The highest BCUT2D eigenvalue weighted by Gasteiger charge is 2.43. The maximum atomic E-state index is 14.0. The summed E-state index contributed by atoms with van der Waals surface area (Å²) in [5.41, 5.74) is 5.77. The molecule has 0 unspecified atom stereocenters. The van der Waals surface area contributed by atoms with Crippen LogP contribution in [0.3, 0.4) is 0 Å². The van der Waals surface area contributed by atoms with Gasteiger partial charge in [-0.15, -0.1) is 0 Å². The highest BCUT2D eigenvalue weighted by Crippen LogP contribution is 2.41. The molecular weight excluding hydrogens is 496 g/mol. The lowest BCUT2D eigenvalue weighted by atomic mass is 10.0. The number of fused-ring (bicyclic) bond motifs is 1. The number of anilines is 1. The fourth-order valence-electron chi connectivity index (χ4n) is 4.39. The second kappa shape index (κ2) is 9.69. The fourth-order valence-corrected chi connectivity index (χ4v) is 4.39. The Kier molecular flexibility index (Phi) is 6.56. The van der Waals surface area contributed by atoms with E-state index < -0.39 is 48.9 Å². The minimum absolute atomic E-state index is 0.271. The van der Waals surface area contributed by atoms with Crippen molar-refractivity contribution in [3.63, 3.8) is 0 Å². The Morgan fingerprint density at radius 3 is 2.57 bits per heavy atom. The van der Waals surface area contributed by atoms with Crippen LogP contribution in [0.5, 0.6) is 5.75 Å². The lowest BCUT2D eigenvalue weighted by Gasteiger charge is -2.27. The summed E-state index contributed by atoms with van der Waals surface area (Å²) in [6.07, 6.45) is -4.96. The van der Waals surface area contributed by atoms with Crippen LogP contribution in [-0.4, -0.2) is 57.2 Å². The predicted molar refractivity (Wildman–Crippen MR) is 127 cm³/mol. The van der Waals surface area contributed by atoms with Crippen molar-refractivity contribution < 1.29 is 37.2 Å². The van der Waals surface area contributed by atoms with Gasteiger partial charge < -0.3 is 24.3 Å². The SMILES string of the molecule is C[C@H]1O[C@@H](n2cc(-c3ccccc3)c3c2N=CN(Nc2ccc(F)c(OCC(F)(F)F)c2)C3)[C@H](O)[C@@H]1O. The number of benzene rings is 2. The van der Waals surface area contributed by atoms with Crippen LogP contribution in [0.4, 0.5) is 29.1 Å². The van der Waals surface area contributed by atoms with E-state index in [1.807, 2.05) is 30.3 Å². The summed E-state index contributed by atoms with van der Waals surface area (Å²) in [5.74, 6) is -0.928. The molecule has 2 aliphatic rings. The molecule has 0 saturated carbocycles. The van der Waals surface area contributed by atoms with Crippen LogP contribution in [0, 0.1) is 5.82 Å². The number of halogens is 4. The molecule has 196 valence electrons. The highest BCUT2D eigenvalue weighted by molar-refractivity contribution is 5.77. The summed E-state index contributed by atoms with van der Waals surface area (Å²) in [5, 5.41) is 22.4. The van der Waals surface area contributed by atoms with E-state index >= 15 is 0 Å². The van der Waals surface area contributed by atoms with E-state index in [2.05, 4.69) is 15.2 Å². The number of hydrogen-bond acceptors (Lipinski definition) is 7. The number of hydrazine groups is 1. The molecule has 4 atom stereocenters. The maximum Gasteiger partial charge on any atom is 0.422 e. The summed E-state index contributed by atoms with van der Waals surface area (Å²) in [4.78, 5) is 4.53. The van der Waals surface area contributed by atoms with Gasteiger partial charge in [0.15, 0.2) is 24.4 Å². The molecule has 12 heteroatoms. The number of aromatic nitrogens is 1. The molecule has 2 aliphatic heterocycles. The first-order chi connectivity index (χ1) is 17.6. The van der Waals surface area contributed by atoms with Crippen LogP contribution >= 0.6 is 0 Å². The van der Waals surface area contributed by atoms with Crippen molar-refractivity contribution in [2.45, 2.75) is 44.2 Å². The Morgan fingerprint density at radius 1 is 1.14 bits per heavy atom. The average Bonchev–Trinajstić information content (AvgIpc) is 3.36. The lowest BCUT2D eigenvalue weighted by molar-refractivity contribution is -0.153. The van der Waals surface area contributed by atoms with Crippen LogP contribution < -0.4 is 10.2 Å². The zero-order valence-corrected chi connectivity index (χ0v) is 19.6. The molecule has 0 spiro atoms. The first-order valence-electron chi connectivity index (χ1n) is 11.5. The van der Waals surface area contributed by atoms with Gasteiger partial charge in [0, 0.05) is 23.4 Å². The van der Waals surface area contributed by atoms with Crippen molar-refractivity contribution in [1.29, 1.82) is 0 Å². The third kappa shape index (κ3) is 5.13. The molecule has 3 N–H and O–H groups in total. The number of nitrogens with one attached hydrogen (secondary N) is 1. The molecule has 1 aromatic heterocycles. The van der Waals surface area contributed by atoms with Crippen LogP contribution in [0.25, 0.3) is 11.1 Å². The first-order valence-corrected chi connectivity index (χ1v) is 11.5. The van der Waals surface area contributed by atoms with Gasteiger partial charge in [-0.05, 0) is 24.6 Å². The summed E-state index contributed by atoms with van der Waals surface area (Å²) < 4.78 is 63.6. The molecule has 2 aromatic carbocycles. The van der Waals surface area contributed by atoms with Gasteiger partial charge in [-0.2, -0.15) is 13.2 Å². The third-order valence-corrected chi connectivity index (χ3v) is 6.19. The molecule has 1 saturated heterocycles. The second-order valence-corrected chi connectivity index (χ2v) is 8.86. The van der Waals surface area contributed by atoms with Gasteiger partial charge in [-0.3, -0.25) is 10.4 Å². The van der Waals surface area contributed by atoms with Crippen molar-refractivity contribution in [2.75, 3.05) is 12.0 Å². The van der Waals surface area contributed by atoms with E-state index in [4.69, 9.17) is 4.74 Å². The Labute approximate surface area is 209 Å². The van der Waals surface area contributed by atoms with Crippen LogP contribution in [-0.2, 0) is 11.3 Å². The van der Waals surface area contributed by atoms with Gasteiger partial charge in [-0.1, -0.05) is 30.3 Å². The average molecular weight is 520 g/mol. The monoisotopic (exact) mass is 520 g/mol. The number of aliphatic hydroxyl groups is 2. The molecule has 0 aliphatic carbocycles. The normalized spacial score (nSPS) is 23.3. The first kappa shape index (κ1) is 25.1. The standard InChI is InChI=1S/C25H24F4N4O4/c1-14-21(34)22(35)24(37-14)33-11-17(15-5-3-2-4-6-15)18-10-32(13-30-23(18)33)31-16-7-8-19(26)20(9-16)36-12-25(27,28)29/h2-9,11,13-14,21-22,24,31,34-35H,10,12H2,1H3/t14-,21-,22-,24-/m1/s1. The molecule has 0 amide bonds. The third-order valence-electron chi connectivity index (χ3n) is 6.19. The number of alkyl halides is 3. The van der Waals surface area contributed by atoms with Crippen LogP contribution in [0.1, 0.15) is 18.7 Å². The van der Waals surface area contributed by atoms with Crippen LogP contribution in [0.2, 0.25) is 0 Å². The maximum absolute atomic E-state index is 14.0. The molecule has 8 nitrogen and oxygen atoms in total. The Hall–Kier alpha value is -3.61. The van der Waals surface area contributed by atoms with E-state index in [-0.39, 0.29) is 6.54 Å². The molecule has 1 fully saturated rings. The quantitative estimate of drug-likeness (QED) is 0.418. The number of nitrogens with zero attached hydrogens (tertiary/aromatic N) is 3. The molecule has 3 heterocycles. The lowest BCUT2D eigenvalue weighted by Crippen LogP contribution is -2.31. The Bertz CT molecular complexity index is 1300. The van der Waals surface area contributed by atoms with E-state index in [1.165, 1.54) is 12.4 Å². The number of aliphatic imine (C=N–C) groups is 1. The van der Waals surface area contributed by atoms with Crippen molar-refractivity contribution in [2.24, 2.45) is 4.99 Å². The van der Waals surface area contributed by atoms with Gasteiger partial charge in [0.05, 0.1) is 18.3 Å². The zero-order valence-electron chi connectivity index (χ0n) is 19.6. The van der Waals surface area contributed by atoms with Crippen molar-refractivity contribution in [3.8, 4) is 16.9 Å². The van der Waals surface area contributed by atoms with Gasteiger partial charge in [-0.25, -0.2) is 9.38 Å². The fraction of sp³-hybridized carbons (Fsp3) is 0.320. The van der Waals surface area contributed by atoms with Gasteiger partial charge in [0.1, 0.15) is 24.4 Å². The summed E-state index contributed by atoms with van der Waals surface area (Å²) >= 11 is 0. The Morgan fingerprint density at radius 2 is 1.89 bits per heavy atom. The minimum atomic E-state index is -4.60. The van der Waals surface area contributed by atoms with E-state index in [0.717, 1.165) is 28.8 Å². The summed E-state index contributed by atoms with van der Waals surface area (Å²) in [6.45, 7) is 0.331. The summed E-state index contributed by atoms with van der Waals surface area (Å²) in [7, 11) is 0. The van der Waals surface area contributed by atoms with Gasteiger partial charge >= 0.3 is 6.18 Å². The smallest absolute Gasteiger partial charge is 0.422 e. The molecule has 37 heavy (non-hydrogen) atoms. The highest BCUT2D eigenvalue weighted by atomic mass is 19.4. The largest absolute Gasteiger partial charge is 0.481 e. The number of ether oxygens (including phenoxy) is 2. The molecular formula is C25H24F4N4O4. The topological polar surface area (TPSA) is 91.5 Å². The van der Waals surface area contributed by atoms with Gasteiger partial charge in [0.2, 0.25) is 0 Å². The van der Waals surface area contributed by atoms with Crippen molar-refractivity contribution in [3.05, 3.63) is 66.1 Å². The number of aliphatic hydroxyl groups excluding tert-OH is 2. The zero-order chi connectivity index (χ0) is 26.3. The van der Waals surface area contributed by atoms with Crippen molar-refractivity contribution in [1.82, 2.24) is 9.58 Å². The van der Waals surface area contributed by atoms with E-state index in [9.17, 15) is 27.8 Å². The van der Waals surface area contributed by atoms with Crippen LogP contribution in [0.15, 0.2) is 59.7 Å². The number of hydrogen-bond donors (Lipinski definition) is 3. The minimum Gasteiger partial charge on any atom is -0.481 e.